The van der Waals surface area contributed by atoms with E-state index in [4.69, 9.17) is 4.74 Å². The Morgan fingerprint density at radius 3 is 2.37 bits per heavy atom. The van der Waals surface area contributed by atoms with Crippen molar-refractivity contribution in [2.75, 3.05) is 17.7 Å². The molecular formula is C19H21N5O5S. The first-order chi connectivity index (χ1) is 14.2. The number of carbonyl (C=O) groups excluding carboxylic acids is 2. The number of nitrogens with zero attached hydrogens (tertiary/aromatic N) is 4. The molecule has 3 rings (SSSR count). The van der Waals surface area contributed by atoms with Gasteiger partial charge in [-0.1, -0.05) is 11.8 Å². The summed E-state index contributed by atoms with van der Waals surface area (Å²) in [6.45, 7) is 2.02. The molecule has 0 atom stereocenters. The lowest BCUT2D eigenvalue weighted by Gasteiger charge is -2.07. The van der Waals surface area contributed by atoms with Gasteiger partial charge < -0.3 is 14.6 Å². The molecule has 1 aromatic carbocycles. The van der Waals surface area contributed by atoms with Crippen molar-refractivity contribution in [3.8, 4) is 0 Å². The number of fused-ring (bicyclic) bond motifs is 1. The number of anilines is 1. The molecule has 0 unspecified atom stereocenters. The van der Waals surface area contributed by atoms with Gasteiger partial charge in [0, 0.05) is 26.8 Å². The Bertz CT molecular complexity index is 1240. The Morgan fingerprint density at radius 1 is 1.07 bits per heavy atom. The molecule has 0 aliphatic rings. The monoisotopic (exact) mass is 431 g/mol. The highest BCUT2D eigenvalue weighted by molar-refractivity contribution is 7.99. The molecule has 0 bridgehead atoms. The summed E-state index contributed by atoms with van der Waals surface area (Å²) < 4.78 is 8.88. The van der Waals surface area contributed by atoms with Gasteiger partial charge in [0.25, 0.3) is 5.56 Å². The molecule has 0 aliphatic carbocycles. The lowest BCUT2D eigenvalue weighted by molar-refractivity contribution is -0.113. The average molecular weight is 431 g/mol. The topological polar surface area (TPSA) is 117 Å². The second kappa shape index (κ2) is 8.57. The maximum Gasteiger partial charge on any atom is 0.338 e. The molecule has 1 N–H and O–H groups in total. The number of esters is 1. The molecule has 0 saturated heterocycles. The van der Waals surface area contributed by atoms with Crippen LogP contribution in [0.15, 0.2) is 39.0 Å². The number of benzene rings is 1. The Hall–Kier alpha value is -3.34. The predicted molar refractivity (Wildman–Crippen MR) is 113 cm³/mol. The van der Waals surface area contributed by atoms with Crippen LogP contribution in [0.3, 0.4) is 0 Å². The highest BCUT2D eigenvalue weighted by Crippen LogP contribution is 2.20. The zero-order valence-electron chi connectivity index (χ0n) is 17.0. The van der Waals surface area contributed by atoms with Crippen LogP contribution in [0.1, 0.15) is 17.3 Å². The minimum atomic E-state index is -0.485. The van der Waals surface area contributed by atoms with Crippen LogP contribution in [0, 0.1) is 0 Å². The summed E-state index contributed by atoms with van der Waals surface area (Å²) in [5.41, 5.74) is 0.559. The number of imidazole rings is 1. The quantitative estimate of drug-likeness (QED) is 0.455. The molecule has 2 aromatic heterocycles. The van der Waals surface area contributed by atoms with Crippen molar-refractivity contribution in [3.05, 3.63) is 50.7 Å². The number of ether oxygens (including phenoxy) is 1. The summed E-state index contributed by atoms with van der Waals surface area (Å²) in [4.78, 5) is 52.7. The molecule has 0 spiro atoms. The van der Waals surface area contributed by atoms with Crippen LogP contribution >= 0.6 is 11.8 Å². The smallest absolute Gasteiger partial charge is 0.338 e. The zero-order chi connectivity index (χ0) is 22.0. The molecule has 10 nitrogen and oxygen atoms in total. The van der Waals surface area contributed by atoms with Crippen molar-refractivity contribution in [3.63, 3.8) is 0 Å². The number of rotatable bonds is 6. The number of aromatic nitrogens is 4. The highest BCUT2D eigenvalue weighted by Gasteiger charge is 2.18. The van der Waals surface area contributed by atoms with Crippen LogP contribution in [0.4, 0.5) is 5.69 Å². The Morgan fingerprint density at radius 2 is 1.73 bits per heavy atom. The number of thioether (sulfide) groups is 1. The third kappa shape index (κ3) is 4.01. The number of nitrogens with one attached hydrogen (secondary N) is 1. The number of hydrogen-bond acceptors (Lipinski definition) is 7. The van der Waals surface area contributed by atoms with Gasteiger partial charge in [0.15, 0.2) is 16.3 Å². The molecule has 158 valence electrons. The van der Waals surface area contributed by atoms with Crippen molar-refractivity contribution >= 4 is 40.5 Å². The minimum Gasteiger partial charge on any atom is -0.462 e. The fraction of sp³-hybridized carbons (Fsp3) is 0.316. The van der Waals surface area contributed by atoms with Crippen molar-refractivity contribution in [1.82, 2.24) is 18.7 Å². The number of hydrogen-bond donors (Lipinski definition) is 1. The summed E-state index contributed by atoms with van der Waals surface area (Å²) in [7, 11) is 4.64. The van der Waals surface area contributed by atoms with Crippen LogP contribution in [0.5, 0.6) is 0 Å². The lowest BCUT2D eigenvalue weighted by atomic mass is 10.2. The maximum absolute atomic E-state index is 12.3. The highest BCUT2D eigenvalue weighted by atomic mass is 32.2. The van der Waals surface area contributed by atoms with E-state index in [9.17, 15) is 19.2 Å². The second-order valence-electron chi connectivity index (χ2n) is 6.47. The first-order valence-electron chi connectivity index (χ1n) is 9.06. The van der Waals surface area contributed by atoms with Gasteiger partial charge in [-0.15, -0.1) is 0 Å². The van der Waals surface area contributed by atoms with Crippen molar-refractivity contribution in [2.45, 2.75) is 12.1 Å². The van der Waals surface area contributed by atoms with E-state index in [0.29, 0.717) is 22.1 Å². The van der Waals surface area contributed by atoms with Gasteiger partial charge in [-0.2, -0.15) is 0 Å². The van der Waals surface area contributed by atoms with E-state index in [0.717, 1.165) is 16.3 Å². The fourth-order valence-electron chi connectivity index (χ4n) is 2.92. The van der Waals surface area contributed by atoms with Gasteiger partial charge in [-0.3, -0.25) is 18.7 Å². The SMILES string of the molecule is CCOC(=O)c1ccc(NC(=O)CSc2nc3c(=O)n(C)c(=O)n(C)c3n2C)cc1. The molecule has 1 amide bonds. The van der Waals surface area contributed by atoms with E-state index < -0.39 is 17.2 Å². The van der Waals surface area contributed by atoms with Gasteiger partial charge in [0.2, 0.25) is 5.91 Å². The predicted octanol–water partition coefficient (Wildman–Crippen LogP) is 0.878. The van der Waals surface area contributed by atoms with Crippen LogP contribution in [0.2, 0.25) is 0 Å². The largest absolute Gasteiger partial charge is 0.462 e. The van der Waals surface area contributed by atoms with E-state index >= 15 is 0 Å². The van der Waals surface area contributed by atoms with Crippen LogP contribution in [0.25, 0.3) is 11.2 Å². The van der Waals surface area contributed by atoms with Crippen molar-refractivity contribution in [2.24, 2.45) is 21.1 Å². The first-order valence-corrected chi connectivity index (χ1v) is 10.1. The Balaban J connectivity index is 1.71. The molecule has 0 saturated carbocycles. The Labute approximate surface area is 175 Å². The van der Waals surface area contributed by atoms with Crippen LogP contribution in [-0.4, -0.2) is 42.9 Å². The molecule has 0 fully saturated rings. The fourth-order valence-corrected chi connectivity index (χ4v) is 3.69. The maximum atomic E-state index is 12.3. The van der Waals surface area contributed by atoms with Crippen LogP contribution in [-0.2, 0) is 30.7 Å². The van der Waals surface area contributed by atoms with E-state index in [2.05, 4.69) is 10.3 Å². The second-order valence-corrected chi connectivity index (χ2v) is 7.41. The summed E-state index contributed by atoms with van der Waals surface area (Å²) in [5.74, 6) is -0.656. The van der Waals surface area contributed by atoms with E-state index in [-0.39, 0.29) is 23.8 Å². The number of aryl methyl sites for hydroxylation is 2. The number of amides is 1. The summed E-state index contributed by atoms with van der Waals surface area (Å²) in [6.07, 6.45) is 0. The van der Waals surface area contributed by atoms with Crippen LogP contribution < -0.4 is 16.6 Å². The Kier molecular flexibility index (Phi) is 6.11. The summed E-state index contributed by atoms with van der Waals surface area (Å²) in [6, 6.07) is 6.37. The third-order valence-corrected chi connectivity index (χ3v) is 5.46. The lowest BCUT2D eigenvalue weighted by Crippen LogP contribution is -2.37. The standard InChI is InChI=1S/C19H21N5O5S/c1-5-29-17(27)11-6-8-12(9-7-11)20-13(25)10-30-18-21-14-15(22(18)2)23(3)19(28)24(4)16(14)26/h6-9H,5,10H2,1-4H3,(H,20,25). The molecule has 30 heavy (non-hydrogen) atoms. The van der Waals surface area contributed by atoms with Gasteiger partial charge in [-0.25, -0.2) is 14.6 Å². The molecule has 3 aromatic rings. The van der Waals surface area contributed by atoms with Gasteiger partial charge in [0.1, 0.15) is 0 Å². The average Bonchev–Trinajstić information content (AvgIpc) is 3.06. The van der Waals surface area contributed by atoms with Gasteiger partial charge in [-0.05, 0) is 31.2 Å². The molecule has 0 radical (unpaired) electrons. The molecule has 0 aliphatic heterocycles. The van der Waals surface area contributed by atoms with E-state index in [1.807, 2.05) is 0 Å². The van der Waals surface area contributed by atoms with Gasteiger partial charge >= 0.3 is 11.7 Å². The van der Waals surface area contributed by atoms with Crippen molar-refractivity contribution in [1.29, 1.82) is 0 Å². The molecular weight excluding hydrogens is 410 g/mol. The van der Waals surface area contributed by atoms with Gasteiger partial charge in [0.05, 0.1) is 17.9 Å². The normalized spacial score (nSPS) is 10.9. The van der Waals surface area contributed by atoms with E-state index in [1.54, 1.807) is 49.9 Å². The minimum absolute atomic E-state index is 0.0467. The summed E-state index contributed by atoms with van der Waals surface area (Å²) in [5, 5.41) is 3.18. The molecule has 11 heteroatoms. The molecule has 2 heterocycles. The number of carbonyl (C=O) groups is 2. The first kappa shape index (κ1) is 21.4. The summed E-state index contributed by atoms with van der Waals surface area (Å²) >= 11 is 1.15. The van der Waals surface area contributed by atoms with E-state index in [1.165, 1.54) is 11.6 Å². The third-order valence-electron chi connectivity index (χ3n) is 4.43. The zero-order valence-corrected chi connectivity index (χ0v) is 17.8. The van der Waals surface area contributed by atoms with Crippen molar-refractivity contribution < 1.29 is 14.3 Å².